The van der Waals surface area contributed by atoms with E-state index in [1.807, 2.05) is 29.2 Å². The SMILES string of the molecule is O=C(NCc1ccc(Cl)cc1)NC1CCC(CC(=O)N2CCC[C@H]2CO)CC1. The third-order valence-corrected chi connectivity index (χ3v) is 6.17. The van der Waals surface area contributed by atoms with Crippen molar-refractivity contribution in [3.8, 4) is 0 Å². The minimum atomic E-state index is -0.155. The first-order valence-corrected chi connectivity index (χ1v) is 10.6. The molecule has 1 atom stereocenters. The Kier molecular flexibility index (Phi) is 7.57. The molecule has 2 aliphatic rings. The van der Waals surface area contributed by atoms with Gasteiger partial charge in [-0.2, -0.15) is 0 Å². The molecule has 28 heavy (non-hydrogen) atoms. The van der Waals surface area contributed by atoms with Crippen molar-refractivity contribution in [3.05, 3.63) is 34.9 Å². The highest BCUT2D eigenvalue weighted by molar-refractivity contribution is 6.30. The van der Waals surface area contributed by atoms with Gasteiger partial charge in [0.05, 0.1) is 12.6 Å². The number of aliphatic hydroxyl groups is 1. The number of halogens is 1. The van der Waals surface area contributed by atoms with Crippen molar-refractivity contribution in [2.75, 3.05) is 13.2 Å². The summed E-state index contributed by atoms with van der Waals surface area (Å²) in [4.78, 5) is 26.5. The molecule has 1 saturated carbocycles. The van der Waals surface area contributed by atoms with Gasteiger partial charge in [-0.05, 0) is 62.1 Å². The monoisotopic (exact) mass is 407 g/mol. The van der Waals surface area contributed by atoms with Crippen molar-refractivity contribution in [1.82, 2.24) is 15.5 Å². The van der Waals surface area contributed by atoms with Gasteiger partial charge in [0.25, 0.3) is 0 Å². The number of nitrogens with zero attached hydrogens (tertiary/aromatic N) is 1. The maximum absolute atomic E-state index is 12.5. The molecule has 1 aromatic carbocycles. The largest absolute Gasteiger partial charge is 0.394 e. The van der Waals surface area contributed by atoms with Gasteiger partial charge in [0, 0.05) is 30.6 Å². The Balaban J connectivity index is 1.35. The highest BCUT2D eigenvalue weighted by Gasteiger charge is 2.31. The molecule has 1 aliphatic heterocycles. The second kappa shape index (κ2) is 10.1. The van der Waals surface area contributed by atoms with E-state index in [4.69, 9.17) is 11.6 Å². The van der Waals surface area contributed by atoms with E-state index < -0.39 is 0 Å². The van der Waals surface area contributed by atoms with Gasteiger partial charge in [0.2, 0.25) is 5.91 Å². The second-order valence-electron chi connectivity index (χ2n) is 7.94. The molecule has 1 saturated heterocycles. The molecule has 1 aromatic rings. The van der Waals surface area contributed by atoms with E-state index in [2.05, 4.69) is 10.6 Å². The van der Waals surface area contributed by atoms with Crippen LogP contribution in [0.3, 0.4) is 0 Å². The van der Waals surface area contributed by atoms with Gasteiger partial charge < -0.3 is 20.6 Å². The van der Waals surface area contributed by atoms with Crippen LogP contribution in [0.1, 0.15) is 50.5 Å². The Morgan fingerprint density at radius 3 is 2.50 bits per heavy atom. The number of aliphatic hydroxyl groups excluding tert-OH is 1. The van der Waals surface area contributed by atoms with E-state index in [1.54, 1.807) is 0 Å². The first-order valence-electron chi connectivity index (χ1n) is 10.2. The molecule has 0 radical (unpaired) electrons. The lowest BCUT2D eigenvalue weighted by molar-refractivity contribution is -0.134. The minimum Gasteiger partial charge on any atom is -0.394 e. The molecule has 3 N–H and O–H groups in total. The van der Waals surface area contributed by atoms with Crippen LogP contribution >= 0.6 is 11.6 Å². The van der Waals surface area contributed by atoms with Gasteiger partial charge in [0.15, 0.2) is 0 Å². The summed E-state index contributed by atoms with van der Waals surface area (Å²) in [5.41, 5.74) is 1.00. The highest BCUT2D eigenvalue weighted by atomic mass is 35.5. The van der Waals surface area contributed by atoms with E-state index in [0.29, 0.717) is 23.9 Å². The summed E-state index contributed by atoms with van der Waals surface area (Å²) in [6, 6.07) is 7.42. The van der Waals surface area contributed by atoms with Gasteiger partial charge in [-0.25, -0.2) is 4.79 Å². The van der Waals surface area contributed by atoms with Crippen LogP contribution in [0.25, 0.3) is 0 Å². The topological polar surface area (TPSA) is 81.7 Å². The van der Waals surface area contributed by atoms with E-state index in [-0.39, 0.29) is 30.6 Å². The predicted molar refractivity (Wildman–Crippen MR) is 109 cm³/mol. The fraction of sp³-hybridized carbons (Fsp3) is 0.619. The first-order chi connectivity index (χ1) is 13.5. The van der Waals surface area contributed by atoms with Crippen molar-refractivity contribution < 1.29 is 14.7 Å². The van der Waals surface area contributed by atoms with Crippen molar-refractivity contribution in [2.24, 2.45) is 5.92 Å². The Labute approximate surface area is 171 Å². The number of carbonyl (C=O) groups excluding carboxylic acids is 2. The summed E-state index contributed by atoms with van der Waals surface area (Å²) in [7, 11) is 0. The van der Waals surface area contributed by atoms with Crippen molar-refractivity contribution in [1.29, 1.82) is 0 Å². The van der Waals surface area contributed by atoms with Gasteiger partial charge in [-0.3, -0.25) is 4.79 Å². The lowest BCUT2D eigenvalue weighted by Gasteiger charge is -2.31. The number of rotatable bonds is 6. The molecule has 2 fully saturated rings. The molecule has 0 bridgehead atoms. The van der Waals surface area contributed by atoms with Crippen LogP contribution in [0.5, 0.6) is 0 Å². The zero-order valence-corrected chi connectivity index (χ0v) is 17.0. The maximum Gasteiger partial charge on any atom is 0.315 e. The second-order valence-corrected chi connectivity index (χ2v) is 8.38. The van der Waals surface area contributed by atoms with Gasteiger partial charge in [-0.15, -0.1) is 0 Å². The molecule has 0 aromatic heterocycles. The fourth-order valence-corrected chi connectivity index (χ4v) is 4.38. The van der Waals surface area contributed by atoms with Crippen molar-refractivity contribution in [3.63, 3.8) is 0 Å². The number of hydrogen-bond donors (Lipinski definition) is 3. The molecule has 0 unspecified atom stereocenters. The zero-order valence-electron chi connectivity index (χ0n) is 16.2. The summed E-state index contributed by atoms with van der Waals surface area (Å²) in [5, 5.41) is 16.0. The Morgan fingerprint density at radius 1 is 1.11 bits per heavy atom. The van der Waals surface area contributed by atoms with Crippen LogP contribution in [-0.2, 0) is 11.3 Å². The summed E-state index contributed by atoms with van der Waals surface area (Å²) in [6.45, 7) is 1.30. The van der Waals surface area contributed by atoms with Crippen LogP contribution < -0.4 is 10.6 Å². The van der Waals surface area contributed by atoms with Crippen LogP contribution in [0, 0.1) is 5.92 Å². The van der Waals surface area contributed by atoms with Crippen LogP contribution in [0.2, 0.25) is 5.02 Å². The molecular weight excluding hydrogens is 378 g/mol. The van der Waals surface area contributed by atoms with Crippen molar-refractivity contribution in [2.45, 2.75) is 63.6 Å². The summed E-state index contributed by atoms with van der Waals surface area (Å²) in [5.74, 6) is 0.552. The molecule has 6 nitrogen and oxygen atoms in total. The number of urea groups is 1. The molecular formula is C21H30ClN3O3. The summed E-state index contributed by atoms with van der Waals surface area (Å²) >= 11 is 5.86. The number of benzene rings is 1. The molecule has 154 valence electrons. The highest BCUT2D eigenvalue weighted by Crippen LogP contribution is 2.29. The van der Waals surface area contributed by atoms with E-state index >= 15 is 0 Å². The number of carbonyl (C=O) groups is 2. The molecule has 3 amide bonds. The van der Waals surface area contributed by atoms with E-state index in [0.717, 1.165) is 50.6 Å². The number of likely N-dealkylation sites (tertiary alicyclic amines) is 1. The average molecular weight is 408 g/mol. The maximum atomic E-state index is 12.5. The molecule has 1 aliphatic carbocycles. The normalized spacial score (nSPS) is 24.8. The number of amides is 3. The zero-order chi connectivity index (χ0) is 19.9. The number of nitrogens with one attached hydrogen (secondary N) is 2. The molecule has 3 rings (SSSR count). The smallest absolute Gasteiger partial charge is 0.315 e. The Morgan fingerprint density at radius 2 is 1.82 bits per heavy atom. The van der Waals surface area contributed by atoms with E-state index in [9.17, 15) is 14.7 Å². The van der Waals surface area contributed by atoms with E-state index in [1.165, 1.54) is 0 Å². The predicted octanol–water partition coefficient (Wildman–Crippen LogP) is 3.07. The van der Waals surface area contributed by atoms with Crippen LogP contribution in [0.15, 0.2) is 24.3 Å². The van der Waals surface area contributed by atoms with Gasteiger partial charge in [0.1, 0.15) is 0 Å². The third-order valence-electron chi connectivity index (χ3n) is 5.92. The standard InChI is InChI=1S/C21H30ClN3O3/c22-17-7-3-16(4-8-17)13-23-21(28)24-18-9-5-15(6-10-18)12-20(27)25-11-1-2-19(25)14-26/h3-4,7-8,15,18-19,26H,1-2,5-6,9-14H2,(H2,23,24,28)/t15?,18?,19-/m0/s1. The quantitative estimate of drug-likeness (QED) is 0.677. The van der Waals surface area contributed by atoms with Crippen LogP contribution in [-0.4, -0.2) is 47.2 Å². The average Bonchev–Trinajstić information content (AvgIpc) is 3.18. The van der Waals surface area contributed by atoms with Gasteiger partial charge in [-0.1, -0.05) is 23.7 Å². The third kappa shape index (κ3) is 5.85. The summed E-state index contributed by atoms with van der Waals surface area (Å²) < 4.78 is 0. The number of hydrogen-bond acceptors (Lipinski definition) is 3. The Hall–Kier alpha value is -1.79. The lowest BCUT2D eigenvalue weighted by Crippen LogP contribution is -2.44. The van der Waals surface area contributed by atoms with Crippen molar-refractivity contribution >= 4 is 23.5 Å². The summed E-state index contributed by atoms with van der Waals surface area (Å²) in [6.07, 6.45) is 6.15. The minimum absolute atomic E-state index is 0.00911. The molecule has 7 heteroatoms. The van der Waals surface area contributed by atoms with Crippen LogP contribution in [0.4, 0.5) is 4.79 Å². The van der Waals surface area contributed by atoms with Gasteiger partial charge >= 0.3 is 6.03 Å². The fourth-order valence-electron chi connectivity index (χ4n) is 4.25. The molecule has 0 spiro atoms. The molecule has 1 heterocycles. The lowest BCUT2D eigenvalue weighted by atomic mass is 9.84. The Bertz CT molecular complexity index is 659. The first kappa shape index (κ1) is 20.9.